The molecule has 64 valence electrons. The Bertz CT molecular complexity index is 159. The van der Waals surface area contributed by atoms with Crippen LogP contribution in [-0.2, 0) is 4.74 Å². The van der Waals surface area contributed by atoms with Crippen LogP contribution in [0, 0.1) is 5.92 Å². The molecule has 0 radical (unpaired) electrons. The summed E-state index contributed by atoms with van der Waals surface area (Å²) >= 11 is 0. The Kier molecular flexibility index (Phi) is 4.42. The Morgan fingerprint density at radius 2 is 2.09 bits per heavy atom. The lowest BCUT2D eigenvalue weighted by atomic mass is 10.1. The number of nitrogens with one attached hydrogen (secondary N) is 1. The van der Waals surface area contributed by atoms with Crippen LogP contribution in [0.1, 0.15) is 20.8 Å². The Hall–Kier alpha value is -0.920. The minimum atomic E-state index is 0.438. The highest BCUT2D eigenvalue weighted by atomic mass is 16.5. The predicted octanol–water partition coefficient (Wildman–Crippen LogP) is 2.25. The molecule has 0 spiro atoms. The number of hydrogen-bond donors (Lipinski definition) is 1. The molecule has 0 saturated carbocycles. The first kappa shape index (κ1) is 10.1. The molecule has 0 heterocycles. The summed E-state index contributed by atoms with van der Waals surface area (Å²) in [5.74, 6) is 1.35. The second kappa shape index (κ2) is 4.83. The fraction of sp³-hybridized carbons (Fsp3) is 0.556. The maximum Gasteiger partial charge on any atom is 0.112 e. The molecule has 0 fully saturated rings. The normalized spacial score (nSPS) is 12.5. The number of ether oxygens (including phenoxy) is 1. The van der Waals surface area contributed by atoms with Gasteiger partial charge in [-0.3, -0.25) is 0 Å². The Morgan fingerprint density at radius 1 is 1.55 bits per heavy atom. The van der Waals surface area contributed by atoms with Crippen molar-refractivity contribution in [3.8, 4) is 0 Å². The van der Waals surface area contributed by atoms with Gasteiger partial charge in [0.05, 0.1) is 12.8 Å². The van der Waals surface area contributed by atoms with Gasteiger partial charge in [-0.1, -0.05) is 20.4 Å². The monoisotopic (exact) mass is 155 g/mol. The van der Waals surface area contributed by atoms with Crippen molar-refractivity contribution < 1.29 is 4.74 Å². The highest BCUT2D eigenvalue weighted by Crippen LogP contribution is 2.11. The van der Waals surface area contributed by atoms with Crippen molar-refractivity contribution in [2.75, 3.05) is 7.11 Å². The first-order valence-electron chi connectivity index (χ1n) is 3.75. The lowest BCUT2D eigenvalue weighted by molar-refractivity contribution is 0.282. The van der Waals surface area contributed by atoms with Gasteiger partial charge in [0.15, 0.2) is 0 Å². The Morgan fingerprint density at radius 3 is 2.36 bits per heavy atom. The zero-order chi connectivity index (χ0) is 8.85. The largest absolute Gasteiger partial charge is 0.500 e. The van der Waals surface area contributed by atoms with E-state index in [0.717, 1.165) is 11.5 Å². The standard InChI is InChI=1S/C9H17NO/c1-6-10-9(7(2)3)8(4)11-5/h6-7,10H,1H2,2-5H3/b9-8+. The Balaban J connectivity index is 4.42. The Labute approximate surface area is 68.9 Å². The van der Waals surface area contributed by atoms with Crippen molar-refractivity contribution in [3.05, 3.63) is 24.2 Å². The van der Waals surface area contributed by atoms with Crippen LogP contribution in [0.15, 0.2) is 24.2 Å². The van der Waals surface area contributed by atoms with E-state index < -0.39 is 0 Å². The molecule has 0 aliphatic heterocycles. The molecule has 0 aliphatic carbocycles. The van der Waals surface area contributed by atoms with Crippen LogP contribution in [0.4, 0.5) is 0 Å². The number of allylic oxidation sites excluding steroid dienone is 2. The van der Waals surface area contributed by atoms with Crippen molar-refractivity contribution in [1.82, 2.24) is 5.32 Å². The minimum Gasteiger partial charge on any atom is -0.500 e. The van der Waals surface area contributed by atoms with E-state index in [-0.39, 0.29) is 0 Å². The van der Waals surface area contributed by atoms with Crippen LogP contribution < -0.4 is 5.32 Å². The SMILES string of the molecule is C=CN/C(=C(\C)OC)C(C)C. The van der Waals surface area contributed by atoms with Crippen molar-refractivity contribution in [2.24, 2.45) is 5.92 Å². The molecule has 0 unspecified atom stereocenters. The average molecular weight is 155 g/mol. The molecule has 2 nitrogen and oxygen atoms in total. The van der Waals surface area contributed by atoms with Crippen molar-refractivity contribution >= 4 is 0 Å². The highest BCUT2D eigenvalue weighted by Gasteiger charge is 2.05. The third kappa shape index (κ3) is 3.12. The summed E-state index contributed by atoms with van der Waals surface area (Å²) in [4.78, 5) is 0. The van der Waals surface area contributed by atoms with Gasteiger partial charge in [-0.2, -0.15) is 0 Å². The minimum absolute atomic E-state index is 0.438. The fourth-order valence-corrected chi connectivity index (χ4v) is 0.895. The summed E-state index contributed by atoms with van der Waals surface area (Å²) in [5.41, 5.74) is 1.09. The summed E-state index contributed by atoms with van der Waals surface area (Å²) in [6.07, 6.45) is 1.66. The van der Waals surface area contributed by atoms with Crippen molar-refractivity contribution in [3.63, 3.8) is 0 Å². The van der Waals surface area contributed by atoms with Gasteiger partial charge < -0.3 is 10.1 Å². The second-order valence-electron chi connectivity index (χ2n) is 2.68. The quantitative estimate of drug-likeness (QED) is 0.629. The molecule has 0 aromatic heterocycles. The summed E-state index contributed by atoms with van der Waals surface area (Å²) in [7, 11) is 1.67. The number of rotatable bonds is 4. The second-order valence-corrected chi connectivity index (χ2v) is 2.68. The lowest BCUT2D eigenvalue weighted by Gasteiger charge is -2.14. The molecule has 0 aliphatic rings. The van der Waals surface area contributed by atoms with Crippen molar-refractivity contribution in [1.29, 1.82) is 0 Å². The molecule has 0 saturated heterocycles. The molecule has 1 N–H and O–H groups in total. The van der Waals surface area contributed by atoms with Gasteiger partial charge >= 0.3 is 0 Å². The van der Waals surface area contributed by atoms with E-state index in [9.17, 15) is 0 Å². The molecule has 0 rings (SSSR count). The molecule has 0 bridgehead atoms. The van der Waals surface area contributed by atoms with E-state index in [2.05, 4.69) is 25.7 Å². The molecule has 0 atom stereocenters. The maximum atomic E-state index is 5.10. The molecular formula is C9H17NO. The highest BCUT2D eigenvalue weighted by molar-refractivity contribution is 5.08. The molecule has 2 heteroatoms. The number of hydrogen-bond acceptors (Lipinski definition) is 2. The molecular weight excluding hydrogens is 138 g/mol. The first-order valence-corrected chi connectivity index (χ1v) is 3.75. The van der Waals surface area contributed by atoms with Crippen molar-refractivity contribution in [2.45, 2.75) is 20.8 Å². The molecule has 11 heavy (non-hydrogen) atoms. The summed E-state index contributed by atoms with van der Waals surface area (Å²) in [5, 5.41) is 3.05. The van der Waals surface area contributed by atoms with E-state index in [1.807, 2.05) is 6.92 Å². The van der Waals surface area contributed by atoms with E-state index in [4.69, 9.17) is 4.74 Å². The third-order valence-electron chi connectivity index (χ3n) is 1.52. The average Bonchev–Trinajstić information content (AvgIpc) is 1.98. The summed E-state index contributed by atoms with van der Waals surface area (Å²) < 4.78 is 5.10. The van der Waals surface area contributed by atoms with E-state index in [1.54, 1.807) is 13.3 Å². The zero-order valence-corrected chi connectivity index (χ0v) is 7.77. The van der Waals surface area contributed by atoms with Crippen LogP contribution in [0.25, 0.3) is 0 Å². The van der Waals surface area contributed by atoms with E-state index in [1.165, 1.54) is 0 Å². The van der Waals surface area contributed by atoms with Crippen LogP contribution >= 0.6 is 0 Å². The summed E-state index contributed by atoms with van der Waals surface area (Å²) in [6.45, 7) is 9.75. The van der Waals surface area contributed by atoms with E-state index in [0.29, 0.717) is 5.92 Å². The maximum absolute atomic E-state index is 5.10. The van der Waals surface area contributed by atoms with Gasteiger partial charge in [0.25, 0.3) is 0 Å². The van der Waals surface area contributed by atoms with Gasteiger partial charge in [0, 0.05) is 0 Å². The van der Waals surface area contributed by atoms with Gasteiger partial charge in [0.1, 0.15) is 5.76 Å². The van der Waals surface area contributed by atoms with Crippen LogP contribution in [0.2, 0.25) is 0 Å². The molecule has 0 aromatic rings. The lowest BCUT2D eigenvalue weighted by Crippen LogP contribution is -2.13. The topological polar surface area (TPSA) is 21.3 Å². The van der Waals surface area contributed by atoms with Gasteiger partial charge in [-0.25, -0.2) is 0 Å². The zero-order valence-electron chi connectivity index (χ0n) is 7.77. The van der Waals surface area contributed by atoms with Gasteiger partial charge in [-0.05, 0) is 19.0 Å². The summed E-state index contributed by atoms with van der Waals surface area (Å²) in [6, 6.07) is 0. The molecule has 0 aromatic carbocycles. The number of methoxy groups -OCH3 is 1. The van der Waals surface area contributed by atoms with Crippen LogP contribution in [0.5, 0.6) is 0 Å². The van der Waals surface area contributed by atoms with Gasteiger partial charge in [-0.15, -0.1) is 0 Å². The van der Waals surface area contributed by atoms with Crippen LogP contribution in [-0.4, -0.2) is 7.11 Å². The fourth-order valence-electron chi connectivity index (χ4n) is 0.895. The third-order valence-corrected chi connectivity index (χ3v) is 1.52. The van der Waals surface area contributed by atoms with Crippen LogP contribution in [0.3, 0.4) is 0 Å². The van der Waals surface area contributed by atoms with Gasteiger partial charge in [0.2, 0.25) is 0 Å². The smallest absolute Gasteiger partial charge is 0.112 e. The predicted molar refractivity (Wildman–Crippen MR) is 47.9 cm³/mol. The first-order chi connectivity index (χ1) is 5.13. The molecule has 0 amide bonds. The van der Waals surface area contributed by atoms with E-state index >= 15 is 0 Å².